The highest BCUT2D eigenvalue weighted by molar-refractivity contribution is 5.67. The first-order chi connectivity index (χ1) is 17.0. The molecule has 1 fully saturated rings. The van der Waals surface area contributed by atoms with Crippen LogP contribution >= 0.6 is 0 Å². The van der Waals surface area contributed by atoms with Crippen LogP contribution in [0.25, 0.3) is 11.3 Å². The van der Waals surface area contributed by atoms with E-state index in [1.807, 2.05) is 30.5 Å². The third-order valence-electron chi connectivity index (χ3n) is 7.22. The van der Waals surface area contributed by atoms with Crippen LogP contribution in [0.5, 0.6) is 11.5 Å². The smallest absolute Gasteiger partial charge is 0.227 e. The van der Waals surface area contributed by atoms with Crippen LogP contribution in [0.15, 0.2) is 42.7 Å². The molecular formula is C27H33N5O3. The number of aliphatic hydroxyl groups excluding tert-OH is 1. The van der Waals surface area contributed by atoms with Crippen molar-refractivity contribution in [3.8, 4) is 22.8 Å². The molecule has 1 saturated heterocycles. The molecule has 0 spiro atoms. The third kappa shape index (κ3) is 4.94. The van der Waals surface area contributed by atoms with Crippen LogP contribution in [0.3, 0.4) is 0 Å². The molecule has 1 aliphatic carbocycles. The number of piperidine rings is 1. The Morgan fingerprint density at radius 1 is 1.17 bits per heavy atom. The summed E-state index contributed by atoms with van der Waals surface area (Å²) >= 11 is 0. The molecule has 1 aromatic carbocycles. The number of nitrogens with zero attached hydrogens (tertiary/aromatic N) is 4. The molecule has 2 N–H and O–H groups in total. The molecule has 0 amide bonds. The average Bonchev–Trinajstić information content (AvgIpc) is 3.23. The zero-order chi connectivity index (χ0) is 24.4. The SMILES string of the molecule is COc1cc(OC2CCN(C)CC2)ccc1Nc1nccc(-c2cnc3c(c2)C(C)(CO)CC3)n1. The summed E-state index contributed by atoms with van der Waals surface area (Å²) < 4.78 is 11.8. The molecule has 5 rings (SSSR count). The van der Waals surface area contributed by atoms with Crippen molar-refractivity contribution in [2.75, 3.05) is 39.2 Å². The summed E-state index contributed by atoms with van der Waals surface area (Å²) in [6, 6.07) is 9.77. The van der Waals surface area contributed by atoms with Gasteiger partial charge in [-0.05, 0) is 62.6 Å². The highest BCUT2D eigenvalue weighted by Crippen LogP contribution is 2.39. The quantitative estimate of drug-likeness (QED) is 0.531. The maximum absolute atomic E-state index is 9.93. The average molecular weight is 476 g/mol. The van der Waals surface area contributed by atoms with E-state index in [2.05, 4.69) is 40.2 Å². The highest BCUT2D eigenvalue weighted by atomic mass is 16.5. The van der Waals surface area contributed by atoms with Gasteiger partial charge in [0, 0.05) is 48.2 Å². The van der Waals surface area contributed by atoms with Crippen LogP contribution in [0.1, 0.15) is 37.4 Å². The van der Waals surface area contributed by atoms with Gasteiger partial charge in [0.2, 0.25) is 5.95 Å². The number of aliphatic hydroxyl groups is 1. The number of nitrogens with one attached hydrogen (secondary N) is 1. The molecule has 2 aromatic heterocycles. The lowest BCUT2D eigenvalue weighted by Crippen LogP contribution is -2.35. The Morgan fingerprint density at radius 2 is 2.00 bits per heavy atom. The van der Waals surface area contributed by atoms with Gasteiger partial charge < -0.3 is 24.8 Å². The van der Waals surface area contributed by atoms with Gasteiger partial charge in [-0.3, -0.25) is 4.98 Å². The first-order valence-electron chi connectivity index (χ1n) is 12.2. The van der Waals surface area contributed by atoms with Gasteiger partial charge in [-0.25, -0.2) is 9.97 Å². The van der Waals surface area contributed by atoms with Gasteiger partial charge in [0.15, 0.2) is 0 Å². The van der Waals surface area contributed by atoms with Crippen molar-refractivity contribution in [1.82, 2.24) is 19.9 Å². The molecule has 1 atom stereocenters. The first kappa shape index (κ1) is 23.5. The highest BCUT2D eigenvalue weighted by Gasteiger charge is 2.35. The summed E-state index contributed by atoms with van der Waals surface area (Å²) in [7, 11) is 3.79. The van der Waals surface area contributed by atoms with Gasteiger partial charge in [0.1, 0.15) is 17.6 Å². The number of rotatable bonds is 7. The van der Waals surface area contributed by atoms with E-state index in [-0.39, 0.29) is 18.1 Å². The Kier molecular flexibility index (Phi) is 6.58. The van der Waals surface area contributed by atoms with Gasteiger partial charge in [0.05, 0.1) is 25.1 Å². The molecule has 8 heteroatoms. The third-order valence-corrected chi connectivity index (χ3v) is 7.22. The van der Waals surface area contributed by atoms with E-state index >= 15 is 0 Å². The standard InChI is InChI=1S/C27H33N5O3/c1-27(17-33)10-6-23-21(27)14-18(16-29-23)22-7-11-28-26(30-22)31-24-5-4-20(15-25(24)34-3)35-19-8-12-32(2)13-9-19/h4-5,7,11,14-16,19,33H,6,8-10,12-13,17H2,1-3H3,(H,28,30,31). The summed E-state index contributed by atoms with van der Waals surface area (Å²) in [5.74, 6) is 1.94. The summed E-state index contributed by atoms with van der Waals surface area (Å²) in [6.07, 6.45) is 7.65. The van der Waals surface area contributed by atoms with Crippen LogP contribution in [-0.4, -0.2) is 64.9 Å². The summed E-state index contributed by atoms with van der Waals surface area (Å²) in [5.41, 5.74) is 4.35. The number of ether oxygens (including phenoxy) is 2. The van der Waals surface area contributed by atoms with Crippen molar-refractivity contribution >= 4 is 11.6 Å². The zero-order valence-electron chi connectivity index (χ0n) is 20.6. The van der Waals surface area contributed by atoms with Crippen LogP contribution in [-0.2, 0) is 11.8 Å². The lowest BCUT2D eigenvalue weighted by atomic mass is 9.85. The lowest BCUT2D eigenvalue weighted by molar-refractivity contribution is 0.114. The fourth-order valence-electron chi connectivity index (χ4n) is 4.89. The second-order valence-electron chi connectivity index (χ2n) is 9.81. The van der Waals surface area contributed by atoms with Gasteiger partial charge in [-0.2, -0.15) is 0 Å². The monoisotopic (exact) mass is 475 g/mol. The Bertz CT molecular complexity index is 1200. The van der Waals surface area contributed by atoms with Crippen LogP contribution in [0.2, 0.25) is 0 Å². The topological polar surface area (TPSA) is 92.6 Å². The van der Waals surface area contributed by atoms with Crippen molar-refractivity contribution in [2.45, 2.75) is 44.1 Å². The number of aryl methyl sites for hydroxylation is 1. The number of pyridine rings is 1. The predicted octanol–water partition coefficient (Wildman–Crippen LogP) is 3.96. The molecular weight excluding hydrogens is 442 g/mol. The Hall–Kier alpha value is -3.23. The van der Waals surface area contributed by atoms with Crippen LogP contribution in [0, 0.1) is 0 Å². The van der Waals surface area contributed by atoms with E-state index in [0.29, 0.717) is 11.7 Å². The molecule has 0 saturated carbocycles. The maximum atomic E-state index is 9.93. The van der Waals surface area contributed by atoms with Crippen molar-refractivity contribution < 1.29 is 14.6 Å². The molecule has 1 aliphatic heterocycles. The maximum Gasteiger partial charge on any atom is 0.227 e. The molecule has 184 valence electrons. The minimum atomic E-state index is -0.253. The second-order valence-corrected chi connectivity index (χ2v) is 9.81. The number of aromatic nitrogens is 3. The van der Waals surface area contributed by atoms with Gasteiger partial charge in [0.25, 0.3) is 0 Å². The van der Waals surface area contributed by atoms with E-state index in [1.54, 1.807) is 13.3 Å². The Morgan fingerprint density at radius 3 is 2.77 bits per heavy atom. The fraction of sp³-hybridized carbons (Fsp3) is 0.444. The van der Waals surface area contributed by atoms with Crippen molar-refractivity contribution in [2.24, 2.45) is 0 Å². The summed E-state index contributed by atoms with van der Waals surface area (Å²) in [5, 5.41) is 13.2. The van der Waals surface area contributed by atoms with Crippen molar-refractivity contribution in [1.29, 1.82) is 0 Å². The lowest BCUT2D eigenvalue weighted by Gasteiger charge is -2.29. The van der Waals surface area contributed by atoms with Gasteiger partial charge >= 0.3 is 0 Å². The molecule has 3 aromatic rings. The number of fused-ring (bicyclic) bond motifs is 1. The largest absolute Gasteiger partial charge is 0.494 e. The molecule has 1 unspecified atom stereocenters. The number of anilines is 2. The van der Waals surface area contributed by atoms with E-state index in [0.717, 1.165) is 72.7 Å². The number of methoxy groups -OCH3 is 1. The van der Waals surface area contributed by atoms with E-state index < -0.39 is 0 Å². The van der Waals surface area contributed by atoms with Crippen LogP contribution in [0.4, 0.5) is 11.6 Å². The predicted molar refractivity (Wildman–Crippen MR) is 135 cm³/mol. The van der Waals surface area contributed by atoms with Crippen molar-refractivity contribution in [3.63, 3.8) is 0 Å². The number of hydrogen-bond acceptors (Lipinski definition) is 8. The normalized spacial score (nSPS) is 20.5. The van der Waals surface area contributed by atoms with E-state index in [4.69, 9.17) is 14.5 Å². The van der Waals surface area contributed by atoms with Crippen molar-refractivity contribution in [3.05, 3.63) is 54.0 Å². The molecule has 35 heavy (non-hydrogen) atoms. The van der Waals surface area contributed by atoms with Crippen LogP contribution < -0.4 is 14.8 Å². The molecule has 0 radical (unpaired) electrons. The molecule has 8 nitrogen and oxygen atoms in total. The minimum Gasteiger partial charge on any atom is -0.494 e. The Labute approximate surface area is 206 Å². The number of hydrogen-bond donors (Lipinski definition) is 2. The number of benzene rings is 1. The first-order valence-corrected chi connectivity index (χ1v) is 12.2. The second kappa shape index (κ2) is 9.79. The molecule has 3 heterocycles. The van der Waals surface area contributed by atoms with Gasteiger partial charge in [-0.15, -0.1) is 0 Å². The van der Waals surface area contributed by atoms with E-state index in [1.165, 1.54) is 0 Å². The Balaban J connectivity index is 1.34. The summed E-state index contributed by atoms with van der Waals surface area (Å²) in [4.78, 5) is 16.1. The van der Waals surface area contributed by atoms with Gasteiger partial charge in [-0.1, -0.05) is 6.92 Å². The minimum absolute atomic E-state index is 0.110. The zero-order valence-corrected chi connectivity index (χ0v) is 20.6. The number of likely N-dealkylation sites (tertiary alicyclic amines) is 1. The molecule has 0 bridgehead atoms. The fourth-order valence-corrected chi connectivity index (χ4v) is 4.89. The molecule has 2 aliphatic rings. The van der Waals surface area contributed by atoms with E-state index in [9.17, 15) is 5.11 Å². The summed E-state index contributed by atoms with van der Waals surface area (Å²) in [6.45, 7) is 4.30.